The van der Waals surface area contributed by atoms with Crippen molar-refractivity contribution in [3.8, 4) is 0 Å². The van der Waals surface area contributed by atoms with E-state index in [0.717, 1.165) is 5.56 Å². The highest BCUT2D eigenvalue weighted by atomic mass is 16.5. The molecule has 1 saturated heterocycles. The Morgan fingerprint density at radius 2 is 2.00 bits per heavy atom. The van der Waals surface area contributed by atoms with Crippen molar-refractivity contribution in [2.75, 3.05) is 6.54 Å². The second kappa shape index (κ2) is 8.90. The molecule has 7 heteroatoms. The lowest BCUT2D eigenvalue weighted by Crippen LogP contribution is -2.46. The van der Waals surface area contributed by atoms with Crippen LogP contribution >= 0.6 is 0 Å². The maximum absolute atomic E-state index is 11.9. The number of unbranched alkanes of at least 4 members (excludes halogenated alkanes) is 1. The maximum Gasteiger partial charge on any atom is 0.409 e. The molecule has 130 valence electrons. The zero-order chi connectivity index (χ0) is 17.4. The molecule has 2 amide bonds. The fourth-order valence-electron chi connectivity index (χ4n) is 2.62. The normalized spacial score (nSPS) is 16.9. The maximum atomic E-state index is 11.9. The molecule has 0 spiro atoms. The molecular formula is C17H22N2O5. The summed E-state index contributed by atoms with van der Waals surface area (Å²) in [6.07, 6.45) is 1.15. The first kappa shape index (κ1) is 17.8. The van der Waals surface area contributed by atoms with E-state index in [4.69, 9.17) is 9.84 Å². The number of nitrogens with zero attached hydrogens (tertiary/aromatic N) is 1. The number of hydrogen-bond donors (Lipinski definition) is 2. The van der Waals surface area contributed by atoms with Crippen LogP contribution in [-0.2, 0) is 20.9 Å². The molecule has 2 N–H and O–H groups in total. The second-order valence-corrected chi connectivity index (χ2v) is 5.70. The highest BCUT2D eigenvalue weighted by molar-refractivity contribution is 5.79. The van der Waals surface area contributed by atoms with Crippen LogP contribution in [-0.4, -0.2) is 40.7 Å². The largest absolute Gasteiger partial charge is 0.481 e. The second-order valence-electron chi connectivity index (χ2n) is 5.70. The van der Waals surface area contributed by atoms with E-state index in [0.29, 0.717) is 32.2 Å². The lowest BCUT2D eigenvalue weighted by Gasteiger charge is -2.25. The number of aliphatic carboxylic acids is 1. The fraction of sp³-hybridized carbons (Fsp3) is 0.471. The Morgan fingerprint density at radius 3 is 2.71 bits per heavy atom. The molecule has 2 rings (SSSR count). The van der Waals surface area contributed by atoms with Crippen LogP contribution in [0.1, 0.15) is 37.7 Å². The van der Waals surface area contributed by atoms with Crippen LogP contribution < -0.4 is 5.32 Å². The van der Waals surface area contributed by atoms with Gasteiger partial charge < -0.3 is 20.1 Å². The van der Waals surface area contributed by atoms with Gasteiger partial charge in [-0.05, 0) is 24.8 Å². The summed E-state index contributed by atoms with van der Waals surface area (Å²) in [6.45, 7) is 0.613. The molecule has 1 atom stereocenters. The number of likely N-dealkylation sites (tertiary alicyclic amines) is 1. The number of carbonyl (C=O) groups is 3. The molecular weight excluding hydrogens is 312 g/mol. The monoisotopic (exact) mass is 334 g/mol. The molecule has 1 aliphatic heterocycles. The van der Waals surface area contributed by atoms with E-state index in [1.807, 2.05) is 30.3 Å². The molecule has 1 aliphatic rings. The van der Waals surface area contributed by atoms with E-state index in [1.165, 1.54) is 0 Å². The van der Waals surface area contributed by atoms with Crippen molar-refractivity contribution in [2.45, 2.75) is 44.9 Å². The first-order valence-electron chi connectivity index (χ1n) is 8.05. The summed E-state index contributed by atoms with van der Waals surface area (Å²) in [5.41, 5.74) is 0.890. The lowest BCUT2D eigenvalue weighted by atomic mass is 10.2. The van der Waals surface area contributed by atoms with Crippen molar-refractivity contribution in [1.82, 2.24) is 10.2 Å². The van der Waals surface area contributed by atoms with Crippen LogP contribution in [0.4, 0.5) is 4.79 Å². The third-order valence-corrected chi connectivity index (χ3v) is 3.87. The summed E-state index contributed by atoms with van der Waals surface area (Å²) < 4.78 is 5.16. The number of nitrogens with one attached hydrogen (secondary N) is 1. The van der Waals surface area contributed by atoms with Crippen molar-refractivity contribution in [2.24, 2.45) is 0 Å². The average Bonchev–Trinajstić information content (AvgIpc) is 2.90. The smallest absolute Gasteiger partial charge is 0.409 e. The minimum absolute atomic E-state index is 0.0290. The van der Waals surface area contributed by atoms with Gasteiger partial charge in [-0.15, -0.1) is 0 Å². The van der Waals surface area contributed by atoms with Crippen LogP contribution in [0.25, 0.3) is 0 Å². The molecule has 0 bridgehead atoms. The van der Waals surface area contributed by atoms with Gasteiger partial charge in [0.2, 0.25) is 5.91 Å². The minimum atomic E-state index is -0.845. The van der Waals surface area contributed by atoms with Gasteiger partial charge in [0.15, 0.2) is 0 Å². The number of carboxylic acids is 1. The predicted octanol–water partition coefficient (Wildman–Crippen LogP) is 2.12. The number of alkyl carbamates (subject to hydrolysis) is 1. The summed E-state index contributed by atoms with van der Waals surface area (Å²) in [7, 11) is 0. The summed E-state index contributed by atoms with van der Waals surface area (Å²) in [5.74, 6) is -0.874. The van der Waals surface area contributed by atoms with Crippen LogP contribution in [0.2, 0.25) is 0 Å². The summed E-state index contributed by atoms with van der Waals surface area (Å²) >= 11 is 0. The molecule has 0 aliphatic carbocycles. The zero-order valence-electron chi connectivity index (χ0n) is 13.4. The van der Waals surface area contributed by atoms with Crippen LogP contribution in [0.5, 0.6) is 0 Å². The summed E-state index contributed by atoms with van der Waals surface area (Å²) in [6, 6.07) is 9.34. The van der Waals surface area contributed by atoms with Gasteiger partial charge in [-0.3, -0.25) is 9.59 Å². The summed E-state index contributed by atoms with van der Waals surface area (Å²) in [4.78, 5) is 35.9. The fourth-order valence-corrected chi connectivity index (χ4v) is 2.62. The van der Waals surface area contributed by atoms with Crippen LogP contribution in [0.15, 0.2) is 30.3 Å². The number of rotatable bonds is 8. The molecule has 1 heterocycles. The SMILES string of the molecule is O=C(O)CCCCN1C(=O)CCC1NC(=O)OCc1ccccc1. The minimum Gasteiger partial charge on any atom is -0.481 e. The van der Waals surface area contributed by atoms with E-state index in [9.17, 15) is 14.4 Å². The summed E-state index contributed by atoms with van der Waals surface area (Å²) in [5, 5.41) is 11.3. The molecule has 0 saturated carbocycles. The standard InChI is InChI=1S/C17H22N2O5/c20-15-10-9-14(19(15)11-5-4-8-16(21)22)18-17(23)24-12-13-6-2-1-3-7-13/h1-3,6-7,14H,4-5,8-12H2,(H,18,23)(H,21,22). The Kier molecular flexibility index (Phi) is 6.60. The molecule has 1 fully saturated rings. The van der Waals surface area contributed by atoms with Gasteiger partial charge in [-0.25, -0.2) is 4.79 Å². The Bertz CT molecular complexity index is 576. The Hall–Kier alpha value is -2.57. The quantitative estimate of drug-likeness (QED) is 0.710. The van der Waals surface area contributed by atoms with Crippen molar-refractivity contribution in [3.63, 3.8) is 0 Å². The van der Waals surface area contributed by atoms with Gasteiger partial charge >= 0.3 is 12.1 Å². The molecule has 7 nitrogen and oxygen atoms in total. The topological polar surface area (TPSA) is 95.9 Å². The highest BCUT2D eigenvalue weighted by Crippen LogP contribution is 2.18. The van der Waals surface area contributed by atoms with Crippen molar-refractivity contribution >= 4 is 18.0 Å². The third kappa shape index (κ3) is 5.57. The van der Waals surface area contributed by atoms with E-state index >= 15 is 0 Å². The van der Waals surface area contributed by atoms with Crippen molar-refractivity contribution < 1.29 is 24.2 Å². The van der Waals surface area contributed by atoms with E-state index in [-0.39, 0.29) is 25.1 Å². The number of carboxylic acid groups (broad SMARTS) is 1. The first-order valence-corrected chi connectivity index (χ1v) is 8.05. The van der Waals surface area contributed by atoms with Crippen molar-refractivity contribution in [3.05, 3.63) is 35.9 Å². The number of ether oxygens (including phenoxy) is 1. The number of hydrogen-bond acceptors (Lipinski definition) is 4. The van der Waals surface area contributed by atoms with Gasteiger partial charge in [0, 0.05) is 19.4 Å². The Morgan fingerprint density at radius 1 is 1.25 bits per heavy atom. The van der Waals surface area contributed by atoms with Gasteiger partial charge in [-0.1, -0.05) is 30.3 Å². The van der Waals surface area contributed by atoms with Gasteiger partial charge in [0.25, 0.3) is 0 Å². The van der Waals surface area contributed by atoms with Gasteiger partial charge in [0.05, 0.1) is 0 Å². The average molecular weight is 334 g/mol. The van der Waals surface area contributed by atoms with Crippen molar-refractivity contribution in [1.29, 1.82) is 0 Å². The first-order chi connectivity index (χ1) is 11.6. The van der Waals surface area contributed by atoms with Gasteiger partial charge in [-0.2, -0.15) is 0 Å². The van der Waals surface area contributed by atoms with Crippen LogP contribution in [0, 0.1) is 0 Å². The lowest BCUT2D eigenvalue weighted by molar-refractivity contribution is -0.137. The number of benzene rings is 1. The third-order valence-electron chi connectivity index (χ3n) is 3.87. The molecule has 0 aromatic heterocycles. The predicted molar refractivity (Wildman–Crippen MR) is 86.0 cm³/mol. The zero-order valence-corrected chi connectivity index (χ0v) is 13.4. The highest BCUT2D eigenvalue weighted by Gasteiger charge is 2.31. The molecule has 1 aromatic carbocycles. The Labute approximate surface area is 140 Å². The molecule has 0 radical (unpaired) electrons. The Balaban J connectivity index is 1.75. The van der Waals surface area contributed by atoms with E-state index in [2.05, 4.69) is 5.32 Å². The molecule has 24 heavy (non-hydrogen) atoms. The van der Waals surface area contributed by atoms with Crippen LogP contribution in [0.3, 0.4) is 0 Å². The van der Waals surface area contributed by atoms with E-state index in [1.54, 1.807) is 4.90 Å². The number of carbonyl (C=O) groups excluding carboxylic acids is 2. The molecule has 1 unspecified atom stereocenters. The van der Waals surface area contributed by atoms with Gasteiger partial charge in [0.1, 0.15) is 12.8 Å². The molecule has 1 aromatic rings. The number of amides is 2. The van der Waals surface area contributed by atoms with E-state index < -0.39 is 12.1 Å².